The number of epoxide rings is 1. The summed E-state index contributed by atoms with van der Waals surface area (Å²) in [6.45, 7) is 7.23. The number of rotatable bonds is 1. The molecule has 0 bridgehead atoms. The summed E-state index contributed by atoms with van der Waals surface area (Å²) in [6.07, 6.45) is -0.871. The zero-order valence-corrected chi connectivity index (χ0v) is 19.6. The number of fused-ring (bicyclic) bond motifs is 3. The first-order valence-electron chi connectivity index (χ1n) is 11.9. The van der Waals surface area contributed by atoms with Gasteiger partial charge in [-0.3, -0.25) is 9.59 Å². The van der Waals surface area contributed by atoms with Gasteiger partial charge in [0.1, 0.15) is 23.1 Å². The molecule has 2 aliphatic carbocycles. The van der Waals surface area contributed by atoms with Crippen LogP contribution >= 0.6 is 0 Å². The summed E-state index contributed by atoms with van der Waals surface area (Å²) in [6, 6.07) is 1.68. The first-order valence-corrected chi connectivity index (χ1v) is 11.9. The van der Waals surface area contributed by atoms with Crippen molar-refractivity contribution in [2.45, 2.75) is 82.6 Å². The third-order valence-corrected chi connectivity index (χ3v) is 9.96. The van der Waals surface area contributed by atoms with Gasteiger partial charge in [0.25, 0.3) is 0 Å². The van der Waals surface area contributed by atoms with Crippen LogP contribution in [-0.2, 0) is 28.6 Å². The first kappa shape index (κ1) is 22.2. The lowest BCUT2D eigenvalue weighted by molar-refractivity contribution is -0.231. The third kappa shape index (κ3) is 2.38. The van der Waals surface area contributed by atoms with Gasteiger partial charge in [-0.05, 0) is 39.2 Å². The number of cyclic esters (lactones) is 2. The second-order valence-electron chi connectivity index (χ2n) is 11.6. The minimum atomic E-state index is -1.27. The van der Waals surface area contributed by atoms with Crippen molar-refractivity contribution >= 4 is 17.7 Å². The summed E-state index contributed by atoms with van der Waals surface area (Å²) in [5, 5.41) is 22.9. The molecule has 9 heteroatoms. The van der Waals surface area contributed by atoms with Gasteiger partial charge in [0, 0.05) is 23.3 Å². The Morgan fingerprint density at radius 2 is 1.76 bits per heavy atom. The first-order chi connectivity index (χ1) is 15.9. The van der Waals surface area contributed by atoms with Crippen LogP contribution in [0.4, 0.5) is 0 Å². The normalized spacial score (nSPS) is 51.1. The monoisotopic (exact) mass is 474 g/mol. The zero-order valence-electron chi connectivity index (χ0n) is 19.6. The Labute approximate surface area is 196 Å². The molecule has 4 heterocycles. The lowest BCUT2D eigenvalue weighted by Crippen LogP contribution is -2.72. The molecule has 2 N–H and O–H groups in total. The molecule has 6 rings (SSSR count). The van der Waals surface area contributed by atoms with Crippen LogP contribution in [0, 0.1) is 28.6 Å². The second kappa shape index (κ2) is 6.50. The summed E-state index contributed by atoms with van der Waals surface area (Å²) < 4.78 is 22.7. The highest BCUT2D eigenvalue weighted by atomic mass is 16.7. The highest BCUT2D eigenvalue weighted by Gasteiger charge is 2.86. The van der Waals surface area contributed by atoms with Gasteiger partial charge in [-0.1, -0.05) is 6.92 Å². The zero-order chi connectivity index (χ0) is 24.4. The molecule has 1 aromatic rings. The topological polar surface area (TPSA) is 136 Å². The fourth-order valence-electron chi connectivity index (χ4n) is 8.35. The molecule has 9 nitrogen and oxygen atoms in total. The molecule has 0 aromatic carbocycles. The lowest BCUT2D eigenvalue weighted by atomic mass is 9.39. The molecule has 2 saturated carbocycles. The summed E-state index contributed by atoms with van der Waals surface area (Å²) in [5.74, 6) is -2.90. The van der Waals surface area contributed by atoms with Crippen molar-refractivity contribution in [2.24, 2.45) is 28.6 Å². The van der Waals surface area contributed by atoms with Gasteiger partial charge in [0.2, 0.25) is 0 Å². The average Bonchev–Trinajstić information content (AvgIpc) is 3.29. The van der Waals surface area contributed by atoms with E-state index in [0.717, 1.165) is 0 Å². The van der Waals surface area contributed by atoms with E-state index in [-0.39, 0.29) is 25.0 Å². The molecule has 5 aliphatic rings. The largest absolute Gasteiger partial charge is 0.472 e. The summed E-state index contributed by atoms with van der Waals surface area (Å²) in [4.78, 5) is 39.5. The van der Waals surface area contributed by atoms with E-state index in [1.165, 1.54) is 12.5 Å². The minimum Gasteiger partial charge on any atom is -0.472 e. The van der Waals surface area contributed by atoms with Gasteiger partial charge in [0.05, 0.1) is 42.5 Å². The number of ether oxygens (including phenoxy) is 3. The van der Waals surface area contributed by atoms with E-state index < -0.39 is 76.1 Å². The molecule has 184 valence electrons. The van der Waals surface area contributed by atoms with Crippen molar-refractivity contribution in [1.29, 1.82) is 0 Å². The van der Waals surface area contributed by atoms with Gasteiger partial charge >= 0.3 is 11.9 Å². The Morgan fingerprint density at radius 1 is 1.03 bits per heavy atom. The molecule has 3 aliphatic heterocycles. The SMILES string of the molecule is CC1(C)OC(=O)C[C@@H](O)[C@@]2(C)[C@H]1CC(=O)[C@]1(C)[C@H]2C[C@H](O)[C@H]2[C@H](c3ccoc3)OC(=O)[C@@H]3O[C@@]231. The van der Waals surface area contributed by atoms with Crippen LogP contribution in [0.1, 0.15) is 58.6 Å². The number of ketones is 1. The molecule has 34 heavy (non-hydrogen) atoms. The summed E-state index contributed by atoms with van der Waals surface area (Å²) >= 11 is 0. The van der Waals surface area contributed by atoms with E-state index in [1.54, 1.807) is 26.8 Å². The van der Waals surface area contributed by atoms with Crippen LogP contribution in [0.15, 0.2) is 23.0 Å². The number of aliphatic hydroxyl groups excluding tert-OH is 2. The predicted molar refractivity (Wildman–Crippen MR) is 113 cm³/mol. The van der Waals surface area contributed by atoms with E-state index in [1.807, 2.05) is 6.92 Å². The summed E-state index contributed by atoms with van der Waals surface area (Å²) in [7, 11) is 0. The van der Waals surface area contributed by atoms with E-state index in [9.17, 15) is 24.6 Å². The molecule has 5 fully saturated rings. The van der Waals surface area contributed by atoms with Crippen LogP contribution in [0.25, 0.3) is 0 Å². The summed E-state index contributed by atoms with van der Waals surface area (Å²) in [5.41, 5.74) is -3.79. The van der Waals surface area contributed by atoms with Crippen LogP contribution < -0.4 is 0 Å². The van der Waals surface area contributed by atoms with Crippen molar-refractivity contribution in [1.82, 2.24) is 0 Å². The molecule has 0 radical (unpaired) electrons. The minimum absolute atomic E-state index is 0.0624. The van der Waals surface area contributed by atoms with Gasteiger partial charge < -0.3 is 28.8 Å². The second-order valence-corrected chi connectivity index (χ2v) is 11.6. The molecular weight excluding hydrogens is 444 g/mol. The number of aliphatic hydroxyl groups is 2. The van der Waals surface area contributed by atoms with Crippen LogP contribution in [0.2, 0.25) is 0 Å². The van der Waals surface area contributed by atoms with E-state index in [0.29, 0.717) is 5.56 Å². The number of carbonyl (C=O) groups is 3. The fraction of sp³-hybridized carbons (Fsp3) is 0.720. The smallest absolute Gasteiger partial charge is 0.339 e. The Hall–Kier alpha value is -2.23. The lowest BCUT2D eigenvalue weighted by Gasteiger charge is -2.64. The quantitative estimate of drug-likeness (QED) is 0.460. The van der Waals surface area contributed by atoms with Crippen LogP contribution in [-0.4, -0.2) is 57.4 Å². The maximum atomic E-state index is 14.1. The molecule has 1 aromatic heterocycles. The number of hydrogen-bond acceptors (Lipinski definition) is 9. The predicted octanol–water partition coefficient (Wildman–Crippen LogP) is 1.70. The van der Waals surface area contributed by atoms with E-state index >= 15 is 0 Å². The van der Waals surface area contributed by atoms with Crippen molar-refractivity contribution < 1.29 is 43.2 Å². The highest BCUT2D eigenvalue weighted by Crippen LogP contribution is 2.74. The van der Waals surface area contributed by atoms with Gasteiger partial charge in [-0.15, -0.1) is 0 Å². The van der Waals surface area contributed by atoms with Crippen molar-refractivity contribution in [3.63, 3.8) is 0 Å². The van der Waals surface area contributed by atoms with E-state index in [2.05, 4.69) is 0 Å². The number of furan rings is 1. The van der Waals surface area contributed by atoms with Crippen LogP contribution in [0.3, 0.4) is 0 Å². The van der Waals surface area contributed by atoms with Crippen LogP contribution in [0.5, 0.6) is 0 Å². The Bertz CT molecular complexity index is 1080. The van der Waals surface area contributed by atoms with Gasteiger partial charge in [0.15, 0.2) is 6.10 Å². The fourth-order valence-corrected chi connectivity index (χ4v) is 8.35. The number of carbonyl (C=O) groups excluding carboxylic acids is 3. The average molecular weight is 475 g/mol. The van der Waals surface area contributed by atoms with Crippen molar-refractivity contribution in [3.05, 3.63) is 24.2 Å². The highest BCUT2D eigenvalue weighted by molar-refractivity contribution is 5.93. The van der Waals surface area contributed by atoms with E-state index in [4.69, 9.17) is 18.6 Å². The maximum absolute atomic E-state index is 14.1. The molecule has 3 saturated heterocycles. The Morgan fingerprint density at radius 3 is 2.44 bits per heavy atom. The number of hydrogen-bond donors (Lipinski definition) is 2. The molecule has 10 atom stereocenters. The molecule has 0 unspecified atom stereocenters. The Balaban J connectivity index is 1.53. The van der Waals surface area contributed by atoms with Gasteiger partial charge in [-0.25, -0.2) is 4.79 Å². The third-order valence-electron chi connectivity index (χ3n) is 9.96. The molecule has 0 amide bonds. The molecular formula is C25H30O9. The van der Waals surface area contributed by atoms with Gasteiger partial charge in [-0.2, -0.15) is 0 Å². The molecule has 1 spiro atoms. The maximum Gasteiger partial charge on any atom is 0.339 e. The number of esters is 2. The number of Topliss-reactive ketones (excluding diaryl/α,β-unsaturated/α-hetero) is 1. The van der Waals surface area contributed by atoms with Crippen molar-refractivity contribution in [3.8, 4) is 0 Å². The van der Waals surface area contributed by atoms with Crippen molar-refractivity contribution in [2.75, 3.05) is 0 Å². The standard InChI is InChI=1S/C25H30O9/c1-22(2)13-8-16(28)24(4)14(23(13,3)15(27)9-17(29)33-22)7-12(26)18-19(11-5-6-31-10-11)32-21(30)20-25(18,24)34-20/h5-6,10,12-15,18-20,26-27H,7-9H2,1-4H3/t12-,13-,14-,15+,18-,19-,20-,23-,24-,25-/m0/s1. The Kier molecular flexibility index (Phi) is 4.25.